The zero-order valence-electron chi connectivity index (χ0n) is 10.3. The number of halogens is 1. The van der Waals surface area contributed by atoms with Crippen molar-refractivity contribution in [3.05, 3.63) is 20.3 Å². The van der Waals surface area contributed by atoms with Gasteiger partial charge in [0.2, 0.25) is 0 Å². The van der Waals surface area contributed by atoms with Gasteiger partial charge in [-0.15, -0.1) is 11.3 Å². The quantitative estimate of drug-likeness (QED) is 0.852. The van der Waals surface area contributed by atoms with Gasteiger partial charge in [-0.05, 0) is 66.1 Å². The fourth-order valence-electron chi connectivity index (χ4n) is 2.96. The second-order valence-corrected chi connectivity index (χ2v) is 8.14. The van der Waals surface area contributed by atoms with Crippen LogP contribution in [0.25, 0.3) is 0 Å². The van der Waals surface area contributed by atoms with Gasteiger partial charge in [0.1, 0.15) is 0 Å². The second kappa shape index (κ2) is 5.02. The molecule has 1 aromatic rings. The van der Waals surface area contributed by atoms with Gasteiger partial charge < -0.3 is 5.32 Å². The first-order valence-electron chi connectivity index (χ1n) is 6.76. The third-order valence-corrected chi connectivity index (χ3v) is 5.67. The van der Waals surface area contributed by atoms with E-state index in [4.69, 9.17) is 0 Å². The zero-order chi connectivity index (χ0) is 11.8. The minimum absolute atomic E-state index is 0.607. The van der Waals surface area contributed by atoms with Crippen LogP contribution in [0.4, 0.5) is 0 Å². The van der Waals surface area contributed by atoms with E-state index in [2.05, 4.69) is 34.2 Å². The third kappa shape index (κ3) is 2.94. The van der Waals surface area contributed by atoms with Gasteiger partial charge in [-0.25, -0.2) is 0 Å². The van der Waals surface area contributed by atoms with Crippen LogP contribution < -0.4 is 5.32 Å². The molecule has 0 spiro atoms. The zero-order valence-corrected chi connectivity index (χ0v) is 12.7. The van der Waals surface area contributed by atoms with Gasteiger partial charge in [0.25, 0.3) is 0 Å². The van der Waals surface area contributed by atoms with Crippen molar-refractivity contribution in [1.29, 1.82) is 0 Å². The lowest BCUT2D eigenvalue weighted by molar-refractivity contribution is 0.387. The standard InChI is InChI=1S/C14H20BrNS/c1-9(7-10-5-6-10)16-12-3-2-4-13-11(12)8-14(15)17-13/h8-10,12,16H,2-7H2,1H3. The van der Waals surface area contributed by atoms with Crippen molar-refractivity contribution in [2.45, 2.75) is 57.5 Å². The van der Waals surface area contributed by atoms with E-state index in [0.717, 1.165) is 5.92 Å². The van der Waals surface area contributed by atoms with Crippen LogP contribution >= 0.6 is 27.3 Å². The Balaban J connectivity index is 1.66. The lowest BCUT2D eigenvalue weighted by Gasteiger charge is -2.27. The largest absolute Gasteiger partial charge is 0.307 e. The lowest BCUT2D eigenvalue weighted by Crippen LogP contribution is -2.32. The maximum absolute atomic E-state index is 3.85. The summed E-state index contributed by atoms with van der Waals surface area (Å²) in [5.74, 6) is 1.02. The molecule has 2 aliphatic carbocycles. The summed E-state index contributed by atoms with van der Waals surface area (Å²) in [6, 6.07) is 3.62. The Hall–Kier alpha value is 0.140. The molecular formula is C14H20BrNS. The summed E-state index contributed by atoms with van der Waals surface area (Å²) in [6.45, 7) is 2.36. The summed E-state index contributed by atoms with van der Waals surface area (Å²) in [5.41, 5.74) is 1.57. The molecule has 0 bridgehead atoms. The molecule has 0 amide bonds. The summed E-state index contributed by atoms with van der Waals surface area (Å²) >= 11 is 5.55. The number of hydrogen-bond acceptors (Lipinski definition) is 2. The summed E-state index contributed by atoms with van der Waals surface area (Å²) in [4.78, 5) is 1.60. The number of rotatable bonds is 4. The highest BCUT2D eigenvalue weighted by Crippen LogP contribution is 2.39. The molecule has 1 aromatic heterocycles. The van der Waals surface area contributed by atoms with Gasteiger partial charge in [0.05, 0.1) is 3.79 Å². The number of hydrogen-bond donors (Lipinski definition) is 1. The molecule has 3 rings (SSSR count). The van der Waals surface area contributed by atoms with Crippen LogP contribution in [0.1, 0.15) is 55.5 Å². The Morgan fingerprint density at radius 2 is 2.29 bits per heavy atom. The molecule has 1 heterocycles. The number of nitrogens with one attached hydrogen (secondary N) is 1. The Morgan fingerprint density at radius 1 is 1.47 bits per heavy atom. The predicted molar refractivity (Wildman–Crippen MR) is 77.6 cm³/mol. The highest BCUT2D eigenvalue weighted by Gasteiger charge is 2.27. The number of thiophene rings is 1. The molecule has 2 aliphatic rings. The van der Waals surface area contributed by atoms with Crippen molar-refractivity contribution in [2.75, 3.05) is 0 Å². The molecule has 1 fully saturated rings. The molecule has 17 heavy (non-hydrogen) atoms. The minimum Gasteiger partial charge on any atom is -0.307 e. The Morgan fingerprint density at radius 3 is 3.06 bits per heavy atom. The van der Waals surface area contributed by atoms with Crippen LogP contribution in [0.15, 0.2) is 9.85 Å². The first kappa shape index (κ1) is 12.2. The van der Waals surface area contributed by atoms with E-state index >= 15 is 0 Å². The molecule has 0 saturated heterocycles. The van der Waals surface area contributed by atoms with Crippen molar-refractivity contribution >= 4 is 27.3 Å². The molecule has 2 unspecified atom stereocenters. The maximum Gasteiger partial charge on any atom is 0.0704 e. The average molecular weight is 314 g/mol. The number of fused-ring (bicyclic) bond motifs is 1. The van der Waals surface area contributed by atoms with Crippen molar-refractivity contribution in [3.8, 4) is 0 Å². The smallest absolute Gasteiger partial charge is 0.0704 e. The van der Waals surface area contributed by atoms with E-state index in [9.17, 15) is 0 Å². The van der Waals surface area contributed by atoms with Gasteiger partial charge >= 0.3 is 0 Å². The van der Waals surface area contributed by atoms with Gasteiger partial charge in [0, 0.05) is 17.0 Å². The van der Waals surface area contributed by atoms with Crippen molar-refractivity contribution in [2.24, 2.45) is 5.92 Å². The highest BCUT2D eigenvalue weighted by atomic mass is 79.9. The molecule has 0 aromatic carbocycles. The van der Waals surface area contributed by atoms with E-state index < -0.39 is 0 Å². The summed E-state index contributed by atoms with van der Waals surface area (Å²) < 4.78 is 1.30. The van der Waals surface area contributed by atoms with Crippen LogP contribution in [0.2, 0.25) is 0 Å². The van der Waals surface area contributed by atoms with E-state index in [1.165, 1.54) is 42.3 Å². The Bertz CT molecular complexity index is 397. The van der Waals surface area contributed by atoms with E-state index in [0.29, 0.717) is 12.1 Å². The molecule has 2 atom stereocenters. The van der Waals surface area contributed by atoms with Crippen LogP contribution in [-0.2, 0) is 6.42 Å². The molecule has 3 heteroatoms. The molecule has 0 radical (unpaired) electrons. The van der Waals surface area contributed by atoms with Crippen molar-refractivity contribution in [1.82, 2.24) is 5.32 Å². The first-order valence-corrected chi connectivity index (χ1v) is 8.37. The molecule has 0 aliphatic heterocycles. The van der Waals surface area contributed by atoms with Crippen LogP contribution in [0.5, 0.6) is 0 Å². The monoisotopic (exact) mass is 313 g/mol. The van der Waals surface area contributed by atoms with Gasteiger partial charge in [-0.3, -0.25) is 0 Å². The SMILES string of the molecule is CC(CC1CC1)NC1CCCc2sc(Br)cc21. The highest BCUT2D eigenvalue weighted by molar-refractivity contribution is 9.11. The van der Waals surface area contributed by atoms with Gasteiger partial charge in [0.15, 0.2) is 0 Å². The summed E-state index contributed by atoms with van der Waals surface area (Å²) in [7, 11) is 0. The molecule has 1 nitrogen and oxygen atoms in total. The van der Waals surface area contributed by atoms with Crippen LogP contribution in [0, 0.1) is 5.92 Å². The van der Waals surface area contributed by atoms with Gasteiger partial charge in [-0.1, -0.05) is 12.8 Å². The van der Waals surface area contributed by atoms with Crippen LogP contribution in [-0.4, -0.2) is 6.04 Å². The van der Waals surface area contributed by atoms with E-state index in [1.807, 2.05) is 11.3 Å². The van der Waals surface area contributed by atoms with Crippen molar-refractivity contribution < 1.29 is 0 Å². The Labute approximate surface area is 116 Å². The average Bonchev–Trinajstić information content (AvgIpc) is 2.98. The number of aryl methyl sites for hydroxylation is 1. The summed E-state index contributed by atoms with van der Waals surface area (Å²) in [5, 5.41) is 3.85. The molecule has 1 N–H and O–H groups in total. The van der Waals surface area contributed by atoms with Gasteiger partial charge in [-0.2, -0.15) is 0 Å². The maximum atomic E-state index is 3.85. The Kier molecular flexibility index (Phi) is 3.60. The fourth-order valence-corrected chi connectivity index (χ4v) is 4.78. The van der Waals surface area contributed by atoms with E-state index in [1.54, 1.807) is 10.4 Å². The first-order chi connectivity index (χ1) is 8.22. The topological polar surface area (TPSA) is 12.0 Å². The predicted octanol–water partition coefficient (Wildman–Crippen LogP) is 4.67. The summed E-state index contributed by atoms with van der Waals surface area (Å²) in [6.07, 6.45) is 8.23. The third-order valence-electron chi connectivity index (χ3n) is 3.95. The van der Waals surface area contributed by atoms with E-state index in [-0.39, 0.29) is 0 Å². The lowest BCUT2D eigenvalue weighted by atomic mass is 9.93. The second-order valence-electron chi connectivity index (χ2n) is 5.62. The molecule has 1 saturated carbocycles. The van der Waals surface area contributed by atoms with Crippen molar-refractivity contribution in [3.63, 3.8) is 0 Å². The molecular weight excluding hydrogens is 294 g/mol. The molecule has 94 valence electrons. The van der Waals surface area contributed by atoms with Crippen LogP contribution in [0.3, 0.4) is 0 Å². The fraction of sp³-hybridized carbons (Fsp3) is 0.714. The normalized spacial score (nSPS) is 25.6. The minimum atomic E-state index is 0.607.